The molecule has 1 atom stereocenters. The Morgan fingerprint density at radius 1 is 1.17 bits per heavy atom. The molecule has 0 aliphatic rings. The lowest BCUT2D eigenvalue weighted by molar-refractivity contribution is 0.0916. The first kappa shape index (κ1) is 16.0. The zero-order valence-electron chi connectivity index (χ0n) is 13.4. The molecular weight excluding hydrogens is 302 g/mol. The summed E-state index contributed by atoms with van der Waals surface area (Å²) >= 11 is 0. The van der Waals surface area contributed by atoms with Gasteiger partial charge in [0.15, 0.2) is 0 Å². The molecule has 0 saturated heterocycles. The van der Waals surface area contributed by atoms with Gasteiger partial charge >= 0.3 is 0 Å². The predicted octanol–water partition coefficient (Wildman–Crippen LogP) is 2.64. The summed E-state index contributed by atoms with van der Waals surface area (Å²) in [5.74, 6) is -0.221. The van der Waals surface area contributed by atoms with Crippen LogP contribution in [-0.4, -0.2) is 27.4 Å². The number of hydrogen-bond donors (Lipinski definition) is 2. The Bertz CT molecular complexity index is 810. The van der Waals surface area contributed by atoms with Crippen molar-refractivity contribution in [2.45, 2.75) is 13.0 Å². The second kappa shape index (κ2) is 7.10. The first-order valence-corrected chi connectivity index (χ1v) is 7.76. The molecule has 2 N–H and O–H groups in total. The first-order chi connectivity index (χ1) is 11.7. The summed E-state index contributed by atoms with van der Waals surface area (Å²) in [7, 11) is 0. The Morgan fingerprint density at radius 2 is 1.88 bits per heavy atom. The lowest BCUT2D eigenvalue weighted by Crippen LogP contribution is -2.30. The number of rotatable bonds is 5. The van der Waals surface area contributed by atoms with E-state index in [1.807, 2.05) is 55.6 Å². The normalized spacial score (nSPS) is 11.9. The lowest BCUT2D eigenvalue weighted by atomic mass is 10.1. The smallest absolute Gasteiger partial charge is 0.251 e. The number of nitrogens with zero attached hydrogens (tertiary/aromatic N) is 2. The van der Waals surface area contributed by atoms with Crippen LogP contribution in [-0.2, 0) is 0 Å². The van der Waals surface area contributed by atoms with Gasteiger partial charge in [-0.2, -0.15) is 5.10 Å². The minimum absolute atomic E-state index is 0.152. The molecule has 0 spiro atoms. The van der Waals surface area contributed by atoms with Crippen LogP contribution < -0.4 is 5.32 Å². The van der Waals surface area contributed by atoms with Crippen LogP contribution in [0.15, 0.2) is 67.0 Å². The Morgan fingerprint density at radius 3 is 2.46 bits per heavy atom. The molecule has 1 amide bonds. The van der Waals surface area contributed by atoms with Crippen LogP contribution in [0.4, 0.5) is 0 Å². The van der Waals surface area contributed by atoms with Crippen LogP contribution >= 0.6 is 0 Å². The Labute approximate surface area is 140 Å². The van der Waals surface area contributed by atoms with Crippen LogP contribution in [0, 0.1) is 6.92 Å². The molecule has 122 valence electrons. The van der Waals surface area contributed by atoms with Gasteiger partial charge in [-0.25, -0.2) is 4.68 Å². The van der Waals surface area contributed by atoms with Crippen molar-refractivity contribution in [3.63, 3.8) is 0 Å². The molecule has 3 aromatic rings. The molecule has 1 heterocycles. The van der Waals surface area contributed by atoms with Crippen LogP contribution in [0.1, 0.15) is 27.5 Å². The fourth-order valence-corrected chi connectivity index (χ4v) is 2.48. The highest BCUT2D eigenvalue weighted by Crippen LogP contribution is 2.14. The zero-order chi connectivity index (χ0) is 16.9. The van der Waals surface area contributed by atoms with Crippen LogP contribution in [0.5, 0.6) is 0 Å². The van der Waals surface area contributed by atoms with E-state index >= 15 is 0 Å². The van der Waals surface area contributed by atoms with Gasteiger partial charge in [0.05, 0.1) is 24.5 Å². The number of carbonyl (C=O) groups excluding carboxylic acids is 1. The van der Waals surface area contributed by atoms with Crippen molar-refractivity contribution < 1.29 is 9.90 Å². The van der Waals surface area contributed by atoms with Gasteiger partial charge in [0.1, 0.15) is 0 Å². The van der Waals surface area contributed by atoms with E-state index in [1.54, 1.807) is 23.0 Å². The predicted molar refractivity (Wildman–Crippen MR) is 92.0 cm³/mol. The molecule has 0 aliphatic heterocycles. The average Bonchev–Trinajstić information content (AvgIpc) is 3.07. The number of hydrogen-bond acceptors (Lipinski definition) is 3. The van der Waals surface area contributed by atoms with Gasteiger partial charge in [-0.3, -0.25) is 4.79 Å². The number of carbonyl (C=O) groups is 1. The molecule has 1 unspecified atom stereocenters. The summed E-state index contributed by atoms with van der Waals surface area (Å²) in [5.41, 5.74) is 3.38. The van der Waals surface area contributed by atoms with Crippen LogP contribution in [0.25, 0.3) is 5.69 Å². The van der Waals surface area contributed by atoms with E-state index in [4.69, 9.17) is 0 Å². The number of aryl methyl sites for hydroxylation is 1. The Kier molecular flexibility index (Phi) is 4.72. The number of aliphatic hydroxyl groups is 1. The number of amides is 1. The van der Waals surface area contributed by atoms with Crippen molar-refractivity contribution >= 4 is 5.91 Å². The fourth-order valence-electron chi connectivity index (χ4n) is 2.48. The first-order valence-electron chi connectivity index (χ1n) is 7.76. The minimum atomic E-state index is -0.424. The van der Waals surface area contributed by atoms with Gasteiger partial charge in [0, 0.05) is 11.8 Å². The van der Waals surface area contributed by atoms with Gasteiger partial charge in [0.25, 0.3) is 5.91 Å². The summed E-state index contributed by atoms with van der Waals surface area (Å²) < 4.78 is 1.76. The van der Waals surface area contributed by atoms with E-state index in [9.17, 15) is 9.90 Å². The summed E-state index contributed by atoms with van der Waals surface area (Å²) in [4.78, 5) is 12.4. The molecule has 0 bridgehead atoms. The maximum atomic E-state index is 12.4. The Hall–Kier alpha value is -2.92. The lowest BCUT2D eigenvalue weighted by Gasteiger charge is -2.16. The van der Waals surface area contributed by atoms with E-state index in [0.717, 1.165) is 16.8 Å². The highest BCUT2D eigenvalue weighted by atomic mass is 16.3. The fraction of sp³-hybridized carbons (Fsp3) is 0.158. The van der Waals surface area contributed by atoms with Crippen LogP contribution in [0.2, 0.25) is 0 Å². The van der Waals surface area contributed by atoms with Gasteiger partial charge in [0.2, 0.25) is 0 Å². The number of aromatic nitrogens is 2. The minimum Gasteiger partial charge on any atom is -0.394 e. The van der Waals surface area contributed by atoms with E-state index in [0.29, 0.717) is 5.56 Å². The van der Waals surface area contributed by atoms with Crippen molar-refractivity contribution in [3.05, 3.63) is 83.7 Å². The average molecular weight is 321 g/mol. The topological polar surface area (TPSA) is 67.2 Å². The third-order valence-electron chi connectivity index (χ3n) is 3.80. The summed E-state index contributed by atoms with van der Waals surface area (Å²) in [6.45, 7) is 1.82. The van der Waals surface area contributed by atoms with E-state index in [2.05, 4.69) is 10.4 Å². The van der Waals surface area contributed by atoms with Crippen molar-refractivity contribution in [3.8, 4) is 5.69 Å². The molecule has 3 rings (SSSR count). The highest BCUT2D eigenvalue weighted by molar-refractivity contribution is 5.94. The molecule has 1 aromatic heterocycles. The Balaban J connectivity index is 1.73. The molecule has 24 heavy (non-hydrogen) atoms. The van der Waals surface area contributed by atoms with Crippen molar-refractivity contribution in [2.75, 3.05) is 6.61 Å². The van der Waals surface area contributed by atoms with Gasteiger partial charge < -0.3 is 10.4 Å². The second-order valence-electron chi connectivity index (χ2n) is 5.63. The van der Waals surface area contributed by atoms with E-state index in [1.165, 1.54) is 0 Å². The zero-order valence-corrected chi connectivity index (χ0v) is 13.4. The van der Waals surface area contributed by atoms with Gasteiger partial charge in [-0.15, -0.1) is 0 Å². The molecular formula is C19H19N3O2. The summed E-state index contributed by atoms with van der Waals surface area (Å²) in [6, 6.07) is 16.2. The van der Waals surface area contributed by atoms with Gasteiger partial charge in [-0.1, -0.05) is 30.3 Å². The molecule has 2 aromatic carbocycles. The molecule has 5 nitrogen and oxygen atoms in total. The summed E-state index contributed by atoms with van der Waals surface area (Å²) in [5, 5.41) is 16.6. The maximum Gasteiger partial charge on any atom is 0.251 e. The maximum absolute atomic E-state index is 12.4. The van der Waals surface area contributed by atoms with Crippen molar-refractivity contribution in [1.82, 2.24) is 15.1 Å². The van der Waals surface area contributed by atoms with Crippen molar-refractivity contribution in [2.24, 2.45) is 0 Å². The monoisotopic (exact) mass is 321 g/mol. The van der Waals surface area contributed by atoms with E-state index in [-0.39, 0.29) is 12.5 Å². The van der Waals surface area contributed by atoms with E-state index < -0.39 is 6.04 Å². The van der Waals surface area contributed by atoms with Crippen LogP contribution in [0.3, 0.4) is 0 Å². The molecule has 5 heteroatoms. The number of aliphatic hydroxyl groups excluding tert-OH is 1. The standard InChI is InChI=1S/C19H19N3O2/c1-14-11-20-22(12-14)17-9-7-16(8-10-17)19(24)21-18(13-23)15-5-3-2-4-6-15/h2-12,18,23H,13H2,1H3,(H,21,24). The second-order valence-corrected chi connectivity index (χ2v) is 5.63. The van der Waals surface area contributed by atoms with Crippen molar-refractivity contribution in [1.29, 1.82) is 0 Å². The number of nitrogens with one attached hydrogen (secondary N) is 1. The summed E-state index contributed by atoms with van der Waals surface area (Å²) in [6.07, 6.45) is 3.71. The number of benzene rings is 2. The quantitative estimate of drug-likeness (QED) is 0.759. The molecule has 0 saturated carbocycles. The third-order valence-corrected chi connectivity index (χ3v) is 3.80. The molecule has 0 aliphatic carbocycles. The third kappa shape index (κ3) is 3.52. The van der Waals surface area contributed by atoms with Gasteiger partial charge in [-0.05, 0) is 42.3 Å². The molecule has 0 fully saturated rings. The molecule has 0 radical (unpaired) electrons. The largest absolute Gasteiger partial charge is 0.394 e. The SMILES string of the molecule is Cc1cnn(-c2ccc(C(=O)NC(CO)c3ccccc3)cc2)c1. The highest BCUT2D eigenvalue weighted by Gasteiger charge is 2.14.